The molecule has 0 saturated heterocycles. The third-order valence-corrected chi connectivity index (χ3v) is 2.96. The molecule has 0 aliphatic carbocycles. The van der Waals surface area contributed by atoms with Crippen LogP contribution in [0.3, 0.4) is 0 Å². The van der Waals surface area contributed by atoms with Gasteiger partial charge in [-0.25, -0.2) is 0 Å². The smallest absolute Gasteiger partial charge is 0.227 e. The molecule has 6 heteroatoms. The minimum absolute atomic E-state index is 0.127. The maximum atomic E-state index is 11.8. The summed E-state index contributed by atoms with van der Waals surface area (Å²) in [6.45, 7) is 2.56. The van der Waals surface area contributed by atoms with Crippen molar-refractivity contribution in [2.45, 2.75) is 32.6 Å². The van der Waals surface area contributed by atoms with Crippen molar-refractivity contribution >= 4 is 5.91 Å². The van der Waals surface area contributed by atoms with Crippen LogP contribution < -0.4 is 5.32 Å². The predicted molar refractivity (Wildman–Crippen MR) is 76.8 cm³/mol. The lowest BCUT2D eigenvalue weighted by molar-refractivity contribution is -0.120. The number of carbonyl (C=O) groups excluding carboxylic acids is 1. The molecule has 1 heterocycles. The number of aryl methyl sites for hydroxylation is 1. The molecule has 2 aromatic rings. The number of nitrogens with zero attached hydrogens (tertiary/aromatic N) is 2. The largest absolute Gasteiger partial charge is 0.508 e. The van der Waals surface area contributed by atoms with Crippen molar-refractivity contribution in [1.82, 2.24) is 15.5 Å². The number of benzene rings is 1. The van der Waals surface area contributed by atoms with Crippen LogP contribution in [-0.4, -0.2) is 27.7 Å². The first-order chi connectivity index (χ1) is 10.2. The van der Waals surface area contributed by atoms with Gasteiger partial charge in [0.2, 0.25) is 11.8 Å². The minimum atomic E-state index is -0.127. The predicted octanol–water partition coefficient (Wildman–Crippen LogP) is 1.63. The molecule has 0 bridgehead atoms. The van der Waals surface area contributed by atoms with Crippen molar-refractivity contribution in [2.75, 3.05) is 6.54 Å². The van der Waals surface area contributed by atoms with Crippen molar-refractivity contribution < 1.29 is 14.4 Å². The molecule has 0 aliphatic rings. The van der Waals surface area contributed by atoms with Gasteiger partial charge < -0.3 is 14.9 Å². The molecule has 0 fully saturated rings. The molecule has 0 radical (unpaired) electrons. The summed E-state index contributed by atoms with van der Waals surface area (Å²) in [5.41, 5.74) is 1.05. The number of phenolic OH excluding ortho intramolecular Hbond substituents is 1. The topological polar surface area (TPSA) is 88.2 Å². The van der Waals surface area contributed by atoms with E-state index in [0.29, 0.717) is 24.7 Å². The number of rotatable bonds is 7. The molecule has 21 heavy (non-hydrogen) atoms. The van der Waals surface area contributed by atoms with E-state index < -0.39 is 0 Å². The van der Waals surface area contributed by atoms with Crippen LogP contribution in [0.25, 0.3) is 0 Å². The summed E-state index contributed by atoms with van der Waals surface area (Å²) in [5, 5.41) is 15.8. The average Bonchev–Trinajstić information content (AvgIpc) is 2.89. The zero-order valence-corrected chi connectivity index (χ0v) is 12.0. The number of amides is 1. The van der Waals surface area contributed by atoms with E-state index in [-0.39, 0.29) is 18.1 Å². The quantitative estimate of drug-likeness (QED) is 0.808. The van der Waals surface area contributed by atoms with Gasteiger partial charge in [-0.05, 0) is 30.5 Å². The summed E-state index contributed by atoms with van der Waals surface area (Å²) in [5.74, 6) is 1.10. The first-order valence-electron chi connectivity index (χ1n) is 7.03. The Kier molecular flexibility index (Phi) is 5.31. The summed E-state index contributed by atoms with van der Waals surface area (Å²) in [6.07, 6.45) is 2.50. The van der Waals surface area contributed by atoms with Gasteiger partial charge in [0.05, 0.1) is 6.42 Å². The summed E-state index contributed by atoms with van der Waals surface area (Å²) in [6, 6.07) is 6.92. The monoisotopic (exact) mass is 289 g/mol. The number of hydrogen-bond donors (Lipinski definition) is 2. The van der Waals surface area contributed by atoms with Crippen LogP contribution in [0, 0.1) is 0 Å². The fourth-order valence-corrected chi connectivity index (χ4v) is 1.89. The van der Waals surface area contributed by atoms with E-state index in [0.717, 1.165) is 18.4 Å². The first-order valence-corrected chi connectivity index (χ1v) is 7.03. The van der Waals surface area contributed by atoms with E-state index in [1.165, 1.54) is 0 Å². The maximum Gasteiger partial charge on any atom is 0.227 e. The molecule has 1 amide bonds. The normalized spacial score (nSPS) is 10.5. The van der Waals surface area contributed by atoms with E-state index in [1.54, 1.807) is 12.1 Å². The molecular weight excluding hydrogens is 270 g/mol. The van der Waals surface area contributed by atoms with E-state index in [1.807, 2.05) is 19.1 Å². The van der Waals surface area contributed by atoms with Gasteiger partial charge >= 0.3 is 0 Å². The Morgan fingerprint density at radius 3 is 2.76 bits per heavy atom. The Morgan fingerprint density at radius 2 is 2.05 bits per heavy atom. The van der Waals surface area contributed by atoms with Crippen LogP contribution in [0.15, 0.2) is 28.8 Å². The zero-order chi connectivity index (χ0) is 15.1. The van der Waals surface area contributed by atoms with Gasteiger partial charge in [0.25, 0.3) is 0 Å². The highest BCUT2D eigenvalue weighted by Crippen LogP contribution is 2.09. The molecule has 2 rings (SSSR count). The van der Waals surface area contributed by atoms with Crippen molar-refractivity contribution in [3.8, 4) is 5.75 Å². The van der Waals surface area contributed by atoms with Crippen LogP contribution in [0.4, 0.5) is 0 Å². The Bertz CT molecular complexity index is 578. The van der Waals surface area contributed by atoms with Gasteiger partial charge in [-0.3, -0.25) is 4.79 Å². The Labute approximate surface area is 123 Å². The lowest BCUT2D eigenvalue weighted by atomic mass is 10.1. The van der Waals surface area contributed by atoms with Crippen LogP contribution in [0.5, 0.6) is 5.75 Å². The molecule has 1 aromatic carbocycles. The molecule has 0 atom stereocenters. The fourth-order valence-electron chi connectivity index (χ4n) is 1.89. The molecule has 6 nitrogen and oxygen atoms in total. The van der Waals surface area contributed by atoms with Crippen LogP contribution in [0.2, 0.25) is 0 Å². The molecular formula is C15H19N3O3. The van der Waals surface area contributed by atoms with E-state index in [2.05, 4.69) is 15.5 Å². The number of aromatic hydroxyl groups is 1. The second kappa shape index (κ2) is 7.42. The van der Waals surface area contributed by atoms with Crippen molar-refractivity contribution in [3.63, 3.8) is 0 Å². The summed E-state index contributed by atoms with van der Waals surface area (Å²) < 4.78 is 5.03. The van der Waals surface area contributed by atoms with Crippen LogP contribution in [0.1, 0.15) is 30.6 Å². The Balaban J connectivity index is 1.72. The van der Waals surface area contributed by atoms with Crippen LogP contribution in [-0.2, 0) is 24.1 Å². The molecule has 0 unspecified atom stereocenters. The Hall–Kier alpha value is -2.37. The van der Waals surface area contributed by atoms with Gasteiger partial charge in [-0.1, -0.05) is 24.2 Å². The molecule has 0 spiro atoms. The fraction of sp³-hybridized carbons (Fsp3) is 0.400. The number of hydrogen-bond acceptors (Lipinski definition) is 5. The van der Waals surface area contributed by atoms with Crippen molar-refractivity contribution in [1.29, 1.82) is 0 Å². The summed E-state index contributed by atoms with van der Waals surface area (Å²) in [4.78, 5) is 15.9. The lowest BCUT2D eigenvalue weighted by Crippen LogP contribution is -2.27. The van der Waals surface area contributed by atoms with Gasteiger partial charge in [0.1, 0.15) is 5.75 Å². The number of carbonyl (C=O) groups is 1. The summed E-state index contributed by atoms with van der Waals surface area (Å²) >= 11 is 0. The van der Waals surface area contributed by atoms with Gasteiger partial charge in [-0.2, -0.15) is 4.98 Å². The third-order valence-electron chi connectivity index (χ3n) is 2.96. The number of aromatic nitrogens is 2. The SMILES string of the molecule is CCCc1nc(CC(=O)NCCc2ccc(O)cc2)no1. The molecule has 0 aliphatic heterocycles. The van der Waals surface area contributed by atoms with Crippen molar-refractivity contribution in [3.05, 3.63) is 41.5 Å². The highest BCUT2D eigenvalue weighted by atomic mass is 16.5. The minimum Gasteiger partial charge on any atom is -0.508 e. The highest BCUT2D eigenvalue weighted by Gasteiger charge is 2.10. The third kappa shape index (κ3) is 4.91. The van der Waals surface area contributed by atoms with E-state index in [9.17, 15) is 9.90 Å². The van der Waals surface area contributed by atoms with E-state index >= 15 is 0 Å². The molecule has 112 valence electrons. The molecule has 1 aromatic heterocycles. The average molecular weight is 289 g/mol. The summed E-state index contributed by atoms with van der Waals surface area (Å²) in [7, 11) is 0. The number of nitrogens with one attached hydrogen (secondary N) is 1. The zero-order valence-electron chi connectivity index (χ0n) is 12.0. The van der Waals surface area contributed by atoms with Crippen LogP contribution >= 0.6 is 0 Å². The Morgan fingerprint density at radius 1 is 1.29 bits per heavy atom. The second-order valence-corrected chi connectivity index (χ2v) is 4.80. The lowest BCUT2D eigenvalue weighted by Gasteiger charge is -2.04. The van der Waals surface area contributed by atoms with Gasteiger partial charge in [0.15, 0.2) is 5.82 Å². The van der Waals surface area contributed by atoms with E-state index in [4.69, 9.17) is 4.52 Å². The maximum absolute atomic E-state index is 11.8. The standard InChI is InChI=1S/C15H19N3O3/c1-2-3-15-17-13(18-21-15)10-14(20)16-9-8-11-4-6-12(19)7-5-11/h4-7,19H,2-3,8-10H2,1H3,(H,16,20). The molecule has 0 saturated carbocycles. The number of phenols is 1. The van der Waals surface area contributed by atoms with Crippen molar-refractivity contribution in [2.24, 2.45) is 0 Å². The highest BCUT2D eigenvalue weighted by molar-refractivity contribution is 5.77. The first kappa shape index (κ1) is 15.0. The van der Waals surface area contributed by atoms with Gasteiger partial charge in [-0.15, -0.1) is 0 Å². The van der Waals surface area contributed by atoms with Gasteiger partial charge in [0, 0.05) is 13.0 Å². The molecule has 2 N–H and O–H groups in total. The second-order valence-electron chi connectivity index (χ2n) is 4.80.